The van der Waals surface area contributed by atoms with E-state index in [4.69, 9.17) is 11.6 Å². The quantitative estimate of drug-likeness (QED) is 0.508. The number of benzene rings is 1. The molecule has 11 heteroatoms. The summed E-state index contributed by atoms with van der Waals surface area (Å²) < 4.78 is 43.1. The highest BCUT2D eigenvalue weighted by Crippen LogP contribution is 2.31. The number of hydrogen-bond acceptors (Lipinski definition) is 6. The minimum Gasteiger partial charge on any atom is -0.367 e. The lowest BCUT2D eigenvalue weighted by atomic mass is 10.00. The Morgan fingerprint density at radius 3 is 2.80 bits per heavy atom. The van der Waals surface area contributed by atoms with Crippen molar-refractivity contribution in [2.45, 2.75) is 23.9 Å². The van der Waals surface area contributed by atoms with Gasteiger partial charge in [0.05, 0.1) is 20.9 Å². The predicted octanol–water partition coefficient (Wildman–Crippen LogP) is 3.45. The van der Waals surface area contributed by atoms with Gasteiger partial charge in [0.25, 0.3) is 0 Å². The SMILES string of the molecule is C=S(=O)(c1ccc(F)cc1)N1CCC[C@H](CNc2nc(C3=CNC4NC=C(Cl)C=C34)ncc2F)C1. The molecule has 0 saturated carbocycles. The van der Waals surface area contributed by atoms with E-state index >= 15 is 0 Å². The maximum Gasteiger partial charge on any atom is 0.183 e. The summed E-state index contributed by atoms with van der Waals surface area (Å²) in [5.41, 5.74) is 1.61. The van der Waals surface area contributed by atoms with Crippen LogP contribution in [0.3, 0.4) is 0 Å². The number of hydrogen-bond donors (Lipinski definition) is 3. The third-order valence-electron chi connectivity index (χ3n) is 6.32. The maximum atomic E-state index is 14.5. The van der Waals surface area contributed by atoms with Crippen LogP contribution in [0.25, 0.3) is 5.57 Å². The van der Waals surface area contributed by atoms with Gasteiger partial charge < -0.3 is 16.0 Å². The largest absolute Gasteiger partial charge is 0.367 e. The van der Waals surface area contributed by atoms with Gasteiger partial charge in [-0.15, -0.1) is 0 Å². The number of aromatic nitrogens is 2. The smallest absolute Gasteiger partial charge is 0.183 e. The molecule has 0 amide bonds. The molecule has 3 N–H and O–H groups in total. The summed E-state index contributed by atoms with van der Waals surface area (Å²) in [6.07, 6.45) is 8.04. The van der Waals surface area contributed by atoms with Crippen molar-refractivity contribution >= 4 is 38.6 Å². The van der Waals surface area contributed by atoms with Crippen LogP contribution in [-0.2, 0) is 9.71 Å². The summed E-state index contributed by atoms with van der Waals surface area (Å²) in [5, 5.41) is 9.98. The zero-order valence-electron chi connectivity index (χ0n) is 18.8. The van der Waals surface area contributed by atoms with Crippen molar-refractivity contribution in [2.75, 3.05) is 25.0 Å². The van der Waals surface area contributed by atoms with E-state index in [2.05, 4.69) is 31.8 Å². The molecular weight excluding hydrogens is 494 g/mol. The lowest BCUT2D eigenvalue weighted by Crippen LogP contribution is -2.41. The fourth-order valence-electron chi connectivity index (χ4n) is 4.46. The first-order chi connectivity index (χ1) is 16.8. The average molecular weight is 519 g/mol. The van der Waals surface area contributed by atoms with Gasteiger partial charge in [0, 0.05) is 48.1 Å². The molecule has 1 fully saturated rings. The first-order valence-electron chi connectivity index (χ1n) is 11.3. The Bertz CT molecular complexity index is 1330. The molecule has 184 valence electrons. The number of rotatable bonds is 6. The van der Waals surface area contributed by atoms with Gasteiger partial charge in [0.15, 0.2) is 17.5 Å². The fourth-order valence-corrected chi connectivity index (χ4v) is 6.38. The number of piperidine rings is 1. The molecule has 0 spiro atoms. The Kier molecular flexibility index (Phi) is 6.52. The van der Waals surface area contributed by atoms with Crippen LogP contribution in [0.5, 0.6) is 0 Å². The van der Waals surface area contributed by atoms with E-state index in [1.54, 1.807) is 12.4 Å². The normalized spacial score (nSPS) is 23.7. The van der Waals surface area contributed by atoms with Crippen LogP contribution in [0.4, 0.5) is 14.6 Å². The fraction of sp³-hybridized carbons (Fsp3) is 0.292. The van der Waals surface area contributed by atoms with Crippen LogP contribution in [-0.4, -0.2) is 50.2 Å². The molecule has 7 nitrogen and oxygen atoms in total. The molecule has 3 aliphatic heterocycles. The Hall–Kier alpha value is -2.95. The molecule has 0 aliphatic carbocycles. The van der Waals surface area contributed by atoms with E-state index in [0.717, 1.165) is 30.2 Å². The Morgan fingerprint density at radius 1 is 1.23 bits per heavy atom. The third-order valence-corrected chi connectivity index (χ3v) is 8.71. The van der Waals surface area contributed by atoms with Gasteiger partial charge in [-0.3, -0.25) is 0 Å². The van der Waals surface area contributed by atoms with Gasteiger partial charge in [-0.25, -0.2) is 27.3 Å². The highest BCUT2D eigenvalue weighted by molar-refractivity contribution is 7.98. The maximum absolute atomic E-state index is 14.5. The molecule has 3 atom stereocenters. The van der Waals surface area contributed by atoms with Crippen LogP contribution < -0.4 is 16.0 Å². The molecule has 0 radical (unpaired) electrons. The molecule has 4 heterocycles. The predicted molar refractivity (Wildman–Crippen MR) is 135 cm³/mol. The van der Waals surface area contributed by atoms with Gasteiger partial charge in [0.2, 0.25) is 0 Å². The molecule has 1 saturated heterocycles. The topological polar surface area (TPSA) is 82.2 Å². The van der Waals surface area contributed by atoms with Gasteiger partial charge in [-0.1, -0.05) is 11.6 Å². The minimum absolute atomic E-state index is 0.107. The second-order valence-corrected chi connectivity index (χ2v) is 11.4. The summed E-state index contributed by atoms with van der Waals surface area (Å²) >= 11 is 6.13. The van der Waals surface area contributed by atoms with E-state index in [0.29, 0.717) is 35.4 Å². The number of fused-ring (bicyclic) bond motifs is 1. The molecule has 35 heavy (non-hydrogen) atoms. The number of nitrogens with one attached hydrogen (secondary N) is 3. The second-order valence-electron chi connectivity index (χ2n) is 8.71. The molecule has 1 aromatic heterocycles. The van der Waals surface area contributed by atoms with E-state index < -0.39 is 15.5 Å². The van der Waals surface area contributed by atoms with E-state index in [1.807, 2.05) is 10.4 Å². The highest BCUT2D eigenvalue weighted by atomic mass is 35.5. The molecule has 0 bridgehead atoms. The number of allylic oxidation sites excluding steroid dienone is 2. The molecule has 3 aliphatic rings. The summed E-state index contributed by atoms with van der Waals surface area (Å²) in [6.45, 7) is 1.60. The first-order valence-corrected chi connectivity index (χ1v) is 13.3. The Balaban J connectivity index is 1.27. The van der Waals surface area contributed by atoms with Crippen LogP contribution in [0.15, 0.2) is 64.4 Å². The van der Waals surface area contributed by atoms with Crippen molar-refractivity contribution in [2.24, 2.45) is 5.92 Å². The standard InChI is InChI=1S/C24H25ClF2N6OS/c1-35(34,18-6-4-17(26)5-7-18)33-8-2-3-15(14-33)10-28-24-21(27)13-31-23(32-24)20-12-30-22-19(20)9-16(25)11-29-22/h4-7,9,11-13,15,22,29-30H,1-3,8,10,14H2,(H,28,31,32)/t15-,22?,35?/m1/s1. The van der Waals surface area contributed by atoms with Crippen molar-refractivity contribution in [3.8, 4) is 0 Å². The lowest BCUT2D eigenvalue weighted by Gasteiger charge is -2.35. The summed E-state index contributed by atoms with van der Waals surface area (Å²) in [5.74, 6) is 3.61. The van der Waals surface area contributed by atoms with Crippen LogP contribution in [0, 0.1) is 17.6 Å². The Morgan fingerprint density at radius 2 is 2.00 bits per heavy atom. The first kappa shape index (κ1) is 23.8. The third kappa shape index (κ3) is 4.91. The Labute approximate surface area is 208 Å². The number of dihydropyridines is 1. The summed E-state index contributed by atoms with van der Waals surface area (Å²) in [4.78, 5) is 9.09. The molecule has 2 aromatic rings. The minimum atomic E-state index is -2.74. The summed E-state index contributed by atoms with van der Waals surface area (Å²) in [6, 6.07) is 5.61. The second kappa shape index (κ2) is 9.60. The van der Waals surface area contributed by atoms with E-state index in [-0.39, 0.29) is 23.7 Å². The van der Waals surface area contributed by atoms with Crippen LogP contribution in [0.2, 0.25) is 0 Å². The zero-order valence-corrected chi connectivity index (χ0v) is 20.4. The van der Waals surface area contributed by atoms with Crippen molar-refractivity contribution in [3.63, 3.8) is 0 Å². The van der Waals surface area contributed by atoms with Crippen LogP contribution in [0.1, 0.15) is 18.7 Å². The number of halogens is 3. The zero-order chi connectivity index (χ0) is 24.6. The molecule has 2 unspecified atom stereocenters. The van der Waals surface area contributed by atoms with E-state index in [1.165, 1.54) is 24.3 Å². The number of anilines is 1. The lowest BCUT2D eigenvalue weighted by molar-refractivity contribution is 0.285. The monoisotopic (exact) mass is 518 g/mol. The van der Waals surface area contributed by atoms with Gasteiger partial charge in [-0.2, -0.15) is 0 Å². The molecule has 5 rings (SSSR count). The summed E-state index contributed by atoms with van der Waals surface area (Å²) in [7, 11) is -2.74. The van der Waals surface area contributed by atoms with Crippen molar-refractivity contribution in [1.82, 2.24) is 24.9 Å². The molecular formula is C24H25ClF2N6OS. The van der Waals surface area contributed by atoms with Crippen molar-refractivity contribution in [1.29, 1.82) is 0 Å². The molecule has 1 aromatic carbocycles. The van der Waals surface area contributed by atoms with Gasteiger partial charge >= 0.3 is 0 Å². The van der Waals surface area contributed by atoms with Crippen LogP contribution >= 0.6 is 11.6 Å². The van der Waals surface area contributed by atoms with E-state index in [9.17, 15) is 13.0 Å². The van der Waals surface area contributed by atoms with Gasteiger partial charge in [0.1, 0.15) is 12.0 Å². The van der Waals surface area contributed by atoms with Gasteiger partial charge in [-0.05, 0) is 55.0 Å². The average Bonchev–Trinajstić information content (AvgIpc) is 3.27. The van der Waals surface area contributed by atoms with Crippen molar-refractivity contribution in [3.05, 3.63) is 77.0 Å². The highest BCUT2D eigenvalue weighted by Gasteiger charge is 2.29. The van der Waals surface area contributed by atoms with Crippen molar-refractivity contribution < 1.29 is 13.0 Å². The number of nitrogens with zero attached hydrogens (tertiary/aromatic N) is 3.